The molecule has 0 amide bonds. The van der Waals surface area contributed by atoms with E-state index in [1.807, 2.05) is 0 Å². The molecular formula is C8H5F2N3O3. The minimum atomic E-state index is -3.08. The summed E-state index contributed by atoms with van der Waals surface area (Å²) in [7, 11) is 0. The number of nitrogens with zero attached hydrogens (tertiary/aromatic N) is 2. The Labute approximate surface area is 87.3 Å². The molecule has 0 radical (unpaired) electrons. The van der Waals surface area contributed by atoms with E-state index in [2.05, 4.69) is 0 Å². The topological polar surface area (TPSA) is 99.8 Å². The molecule has 0 spiro atoms. The van der Waals surface area contributed by atoms with Gasteiger partial charge in [-0.3, -0.25) is 0 Å². The Hall–Kier alpha value is -2.30. The van der Waals surface area contributed by atoms with Crippen LogP contribution in [0.25, 0.3) is 0 Å². The molecule has 0 aliphatic rings. The summed E-state index contributed by atoms with van der Waals surface area (Å²) in [4.78, 5) is 22.3. The number of aromatic amines is 1. The Morgan fingerprint density at radius 1 is 1.62 bits per heavy atom. The van der Waals surface area contributed by atoms with Crippen molar-refractivity contribution in [1.82, 2.24) is 4.98 Å². The number of H-pyrrole nitrogens is 1. The standard InChI is InChI=1S/C8H5F2N3O3/c9-7(10)6-4(1-2-11)3-5(13(15)16)12-8(6)14/h3,7H,1H2,(H,12,14). The first kappa shape index (κ1) is 11.8. The van der Waals surface area contributed by atoms with Crippen molar-refractivity contribution in [1.29, 1.82) is 5.26 Å². The molecule has 0 unspecified atom stereocenters. The number of alkyl halides is 2. The fraction of sp³-hybridized carbons (Fsp3) is 0.250. The average molecular weight is 229 g/mol. The first-order chi connectivity index (χ1) is 7.47. The maximum atomic E-state index is 12.4. The van der Waals surface area contributed by atoms with Crippen molar-refractivity contribution in [2.24, 2.45) is 0 Å². The first-order valence-electron chi connectivity index (χ1n) is 4.03. The SMILES string of the molecule is N#CCc1cc([N+](=O)[O-])[nH]c(=O)c1C(F)F. The molecule has 8 heteroatoms. The molecule has 0 fully saturated rings. The zero-order chi connectivity index (χ0) is 12.3. The number of nitriles is 1. The molecule has 6 nitrogen and oxygen atoms in total. The van der Waals surface area contributed by atoms with Gasteiger partial charge in [0.2, 0.25) is 0 Å². The van der Waals surface area contributed by atoms with E-state index in [9.17, 15) is 23.7 Å². The highest BCUT2D eigenvalue weighted by molar-refractivity contribution is 5.35. The van der Waals surface area contributed by atoms with Crippen LogP contribution in [-0.4, -0.2) is 9.91 Å². The van der Waals surface area contributed by atoms with Crippen LogP contribution < -0.4 is 5.56 Å². The summed E-state index contributed by atoms with van der Waals surface area (Å²) in [5.74, 6) is -0.709. The Morgan fingerprint density at radius 2 is 2.25 bits per heavy atom. The predicted octanol–water partition coefficient (Wildman–Crippen LogP) is 1.29. The summed E-state index contributed by atoms with van der Waals surface area (Å²) in [6.45, 7) is 0. The highest BCUT2D eigenvalue weighted by atomic mass is 19.3. The van der Waals surface area contributed by atoms with E-state index in [1.165, 1.54) is 0 Å². The number of pyridine rings is 1. The molecule has 1 rings (SSSR count). The van der Waals surface area contributed by atoms with Crippen molar-refractivity contribution >= 4 is 5.82 Å². The third-order valence-electron chi connectivity index (χ3n) is 1.83. The Morgan fingerprint density at radius 3 is 2.69 bits per heavy atom. The normalized spacial score (nSPS) is 10.1. The molecule has 84 valence electrons. The van der Waals surface area contributed by atoms with Crippen molar-refractivity contribution in [3.05, 3.63) is 37.7 Å². The number of nitrogens with one attached hydrogen (secondary N) is 1. The van der Waals surface area contributed by atoms with E-state index in [4.69, 9.17) is 5.26 Å². The summed E-state index contributed by atoms with van der Waals surface area (Å²) < 4.78 is 24.9. The lowest BCUT2D eigenvalue weighted by atomic mass is 10.1. The first-order valence-corrected chi connectivity index (χ1v) is 4.03. The van der Waals surface area contributed by atoms with Gasteiger partial charge in [0.25, 0.3) is 6.43 Å². The lowest BCUT2D eigenvalue weighted by Crippen LogP contribution is -2.17. The average Bonchev–Trinajstić information content (AvgIpc) is 2.16. The summed E-state index contributed by atoms with van der Waals surface area (Å²) in [6, 6.07) is 2.33. The van der Waals surface area contributed by atoms with Crippen molar-refractivity contribution in [3.63, 3.8) is 0 Å². The lowest BCUT2D eigenvalue weighted by Gasteiger charge is -2.03. The fourth-order valence-electron chi connectivity index (χ4n) is 1.18. The highest BCUT2D eigenvalue weighted by Crippen LogP contribution is 2.21. The molecule has 1 heterocycles. The second-order valence-corrected chi connectivity index (χ2v) is 2.82. The zero-order valence-electron chi connectivity index (χ0n) is 7.74. The zero-order valence-corrected chi connectivity index (χ0v) is 7.74. The maximum Gasteiger partial charge on any atom is 0.341 e. The second kappa shape index (κ2) is 4.48. The maximum absolute atomic E-state index is 12.4. The van der Waals surface area contributed by atoms with Crippen LogP contribution in [0, 0.1) is 21.4 Å². The molecule has 0 saturated carbocycles. The van der Waals surface area contributed by atoms with Crippen LogP contribution in [-0.2, 0) is 6.42 Å². The largest absolute Gasteiger partial charge is 0.358 e. The molecule has 16 heavy (non-hydrogen) atoms. The van der Waals surface area contributed by atoms with Crippen molar-refractivity contribution in [2.45, 2.75) is 12.8 Å². The molecule has 0 aliphatic carbocycles. The minimum Gasteiger partial charge on any atom is -0.358 e. The van der Waals surface area contributed by atoms with Gasteiger partial charge in [-0.05, 0) is 10.5 Å². The Kier molecular flexibility index (Phi) is 3.30. The summed E-state index contributed by atoms with van der Waals surface area (Å²) in [6.07, 6.45) is -3.56. The van der Waals surface area contributed by atoms with Crippen molar-refractivity contribution in [2.75, 3.05) is 0 Å². The number of hydrogen-bond donors (Lipinski definition) is 1. The van der Waals surface area contributed by atoms with E-state index < -0.39 is 34.7 Å². The van der Waals surface area contributed by atoms with Crippen LogP contribution in [0.4, 0.5) is 14.6 Å². The Balaban J connectivity index is 3.46. The van der Waals surface area contributed by atoms with Gasteiger partial charge in [-0.2, -0.15) is 5.26 Å². The van der Waals surface area contributed by atoms with Gasteiger partial charge in [-0.25, -0.2) is 18.6 Å². The van der Waals surface area contributed by atoms with Crippen LogP contribution >= 0.6 is 0 Å². The number of halogens is 2. The van der Waals surface area contributed by atoms with Gasteiger partial charge in [0.15, 0.2) is 0 Å². The van der Waals surface area contributed by atoms with E-state index in [0.29, 0.717) is 0 Å². The smallest absolute Gasteiger partial charge is 0.341 e. The minimum absolute atomic E-state index is 0.326. The van der Waals surface area contributed by atoms with Gasteiger partial charge in [0.05, 0.1) is 12.5 Å². The van der Waals surface area contributed by atoms with Crippen molar-refractivity contribution < 1.29 is 13.7 Å². The van der Waals surface area contributed by atoms with Crippen molar-refractivity contribution in [3.8, 4) is 6.07 Å². The molecule has 1 aromatic rings. The van der Waals surface area contributed by atoms with Gasteiger partial charge in [-0.15, -0.1) is 0 Å². The number of nitro groups is 1. The van der Waals surface area contributed by atoms with Crippen LogP contribution in [0.15, 0.2) is 10.9 Å². The molecular weight excluding hydrogens is 224 g/mol. The molecule has 0 bridgehead atoms. The summed E-state index contributed by atoms with van der Waals surface area (Å²) in [5, 5.41) is 18.7. The van der Waals surface area contributed by atoms with Crippen LogP contribution in [0.5, 0.6) is 0 Å². The van der Waals surface area contributed by atoms with E-state index in [-0.39, 0.29) is 5.56 Å². The molecule has 0 aromatic carbocycles. The molecule has 1 N–H and O–H groups in total. The Bertz CT molecular complexity index is 518. The van der Waals surface area contributed by atoms with Gasteiger partial charge < -0.3 is 10.1 Å². The number of rotatable bonds is 3. The lowest BCUT2D eigenvalue weighted by molar-refractivity contribution is -0.389. The number of hydrogen-bond acceptors (Lipinski definition) is 4. The second-order valence-electron chi connectivity index (χ2n) is 2.82. The van der Waals surface area contributed by atoms with E-state index in [0.717, 1.165) is 6.07 Å². The summed E-state index contributed by atoms with van der Waals surface area (Å²) in [5.41, 5.74) is -2.46. The van der Waals surface area contributed by atoms with Crippen LogP contribution in [0.2, 0.25) is 0 Å². The van der Waals surface area contributed by atoms with Gasteiger partial charge in [0, 0.05) is 6.07 Å². The molecule has 0 atom stereocenters. The molecule has 0 saturated heterocycles. The number of aromatic nitrogens is 1. The van der Waals surface area contributed by atoms with Crippen LogP contribution in [0.3, 0.4) is 0 Å². The third-order valence-corrected chi connectivity index (χ3v) is 1.83. The summed E-state index contributed by atoms with van der Waals surface area (Å²) >= 11 is 0. The van der Waals surface area contributed by atoms with Gasteiger partial charge >= 0.3 is 11.4 Å². The third kappa shape index (κ3) is 2.20. The van der Waals surface area contributed by atoms with Gasteiger partial charge in [0.1, 0.15) is 5.56 Å². The highest BCUT2D eigenvalue weighted by Gasteiger charge is 2.22. The molecule has 1 aromatic heterocycles. The molecule has 0 aliphatic heterocycles. The predicted molar refractivity (Wildman–Crippen MR) is 48.0 cm³/mol. The van der Waals surface area contributed by atoms with E-state index >= 15 is 0 Å². The quantitative estimate of drug-likeness (QED) is 0.623. The van der Waals surface area contributed by atoms with E-state index in [1.54, 1.807) is 11.1 Å². The van der Waals surface area contributed by atoms with Crippen LogP contribution in [0.1, 0.15) is 17.6 Å². The van der Waals surface area contributed by atoms with Gasteiger partial charge in [-0.1, -0.05) is 0 Å². The fourth-order valence-corrected chi connectivity index (χ4v) is 1.18. The monoisotopic (exact) mass is 229 g/mol.